The third-order valence-corrected chi connectivity index (χ3v) is 3.46. The molecule has 0 aliphatic carbocycles. The second kappa shape index (κ2) is 12.1. The van der Waals surface area contributed by atoms with Gasteiger partial charge >= 0.3 is 0 Å². The van der Waals surface area contributed by atoms with Gasteiger partial charge in [0.2, 0.25) is 0 Å². The van der Waals surface area contributed by atoms with E-state index in [1.807, 2.05) is 42.5 Å². The van der Waals surface area contributed by atoms with Crippen LogP contribution in [-0.2, 0) is 17.9 Å². The first-order chi connectivity index (χ1) is 11.3. The van der Waals surface area contributed by atoms with Gasteiger partial charge in [0, 0.05) is 25.2 Å². The number of ether oxygens (including phenoxy) is 1. The lowest BCUT2D eigenvalue weighted by atomic mass is 10.2. The molecule has 0 heterocycles. The van der Waals surface area contributed by atoms with E-state index in [4.69, 9.17) is 16.3 Å². The van der Waals surface area contributed by atoms with Crippen molar-refractivity contribution in [3.63, 3.8) is 0 Å². The third kappa shape index (κ3) is 7.99. The number of halogens is 2. The van der Waals surface area contributed by atoms with Crippen molar-refractivity contribution in [3.8, 4) is 0 Å². The standard InChI is InChI=1S/C18H22ClN3O.HI/c1-20-18(22-13-16-8-5-9-17(19)12-16)21-10-11-23-14-15-6-3-2-4-7-15;/h2-9,12H,10-11,13-14H2,1H3,(H2,20,21,22);1H. The minimum Gasteiger partial charge on any atom is -0.375 e. The number of nitrogens with zero attached hydrogens (tertiary/aromatic N) is 1. The van der Waals surface area contributed by atoms with Gasteiger partial charge in [0.05, 0.1) is 13.2 Å². The second-order valence-corrected chi connectivity index (χ2v) is 5.46. The summed E-state index contributed by atoms with van der Waals surface area (Å²) in [6.07, 6.45) is 0. The monoisotopic (exact) mass is 459 g/mol. The van der Waals surface area contributed by atoms with Crippen molar-refractivity contribution < 1.29 is 4.74 Å². The van der Waals surface area contributed by atoms with Crippen LogP contribution in [0.4, 0.5) is 0 Å². The van der Waals surface area contributed by atoms with Crippen LogP contribution in [-0.4, -0.2) is 26.2 Å². The van der Waals surface area contributed by atoms with Crippen molar-refractivity contribution in [1.82, 2.24) is 10.6 Å². The fourth-order valence-corrected chi connectivity index (χ4v) is 2.27. The predicted octanol–water partition coefficient (Wildman–Crippen LogP) is 3.84. The molecular weight excluding hydrogens is 437 g/mol. The lowest BCUT2D eigenvalue weighted by Gasteiger charge is -2.12. The molecular formula is C18H23ClIN3O. The number of benzene rings is 2. The Bertz CT molecular complexity index is 623. The topological polar surface area (TPSA) is 45.7 Å². The van der Waals surface area contributed by atoms with Gasteiger partial charge in [0.25, 0.3) is 0 Å². The average molecular weight is 460 g/mol. The van der Waals surface area contributed by atoms with E-state index in [1.54, 1.807) is 7.05 Å². The Morgan fingerprint density at radius 1 is 1.04 bits per heavy atom. The van der Waals surface area contributed by atoms with E-state index in [0.29, 0.717) is 26.3 Å². The zero-order chi connectivity index (χ0) is 16.3. The van der Waals surface area contributed by atoms with E-state index in [9.17, 15) is 0 Å². The Balaban J connectivity index is 0.00000288. The Morgan fingerprint density at radius 2 is 1.79 bits per heavy atom. The minimum absolute atomic E-state index is 0. The summed E-state index contributed by atoms with van der Waals surface area (Å²) < 4.78 is 5.63. The lowest BCUT2D eigenvalue weighted by molar-refractivity contribution is 0.125. The molecule has 0 radical (unpaired) electrons. The Morgan fingerprint density at radius 3 is 2.50 bits per heavy atom. The summed E-state index contributed by atoms with van der Waals surface area (Å²) >= 11 is 5.97. The van der Waals surface area contributed by atoms with Crippen LogP contribution < -0.4 is 10.6 Å². The molecule has 0 aliphatic heterocycles. The molecule has 0 fully saturated rings. The van der Waals surface area contributed by atoms with E-state index in [1.165, 1.54) is 5.56 Å². The van der Waals surface area contributed by atoms with Crippen LogP contribution >= 0.6 is 35.6 Å². The van der Waals surface area contributed by atoms with Gasteiger partial charge < -0.3 is 15.4 Å². The van der Waals surface area contributed by atoms with Crippen molar-refractivity contribution in [3.05, 3.63) is 70.7 Å². The van der Waals surface area contributed by atoms with E-state index in [2.05, 4.69) is 27.8 Å². The van der Waals surface area contributed by atoms with E-state index in [0.717, 1.165) is 16.5 Å². The summed E-state index contributed by atoms with van der Waals surface area (Å²) in [7, 11) is 1.75. The van der Waals surface area contributed by atoms with Crippen LogP contribution in [0.2, 0.25) is 5.02 Å². The number of rotatable bonds is 7. The highest BCUT2D eigenvalue weighted by molar-refractivity contribution is 14.0. The van der Waals surface area contributed by atoms with Crippen molar-refractivity contribution >= 4 is 41.5 Å². The molecule has 24 heavy (non-hydrogen) atoms. The molecule has 0 saturated carbocycles. The number of hydrogen-bond donors (Lipinski definition) is 2. The molecule has 2 aromatic rings. The van der Waals surface area contributed by atoms with Gasteiger partial charge in [-0.3, -0.25) is 4.99 Å². The Hall–Kier alpha value is -1.31. The molecule has 0 aliphatic rings. The van der Waals surface area contributed by atoms with Gasteiger partial charge in [0.1, 0.15) is 0 Å². The van der Waals surface area contributed by atoms with E-state index < -0.39 is 0 Å². The summed E-state index contributed by atoms with van der Waals surface area (Å²) in [5.41, 5.74) is 2.29. The molecule has 4 nitrogen and oxygen atoms in total. The Kier molecular flexibility index (Phi) is 10.5. The molecule has 0 atom stereocenters. The highest BCUT2D eigenvalue weighted by Gasteiger charge is 1.99. The van der Waals surface area contributed by atoms with Gasteiger partial charge in [-0.25, -0.2) is 0 Å². The zero-order valence-corrected chi connectivity index (χ0v) is 16.8. The molecule has 130 valence electrons. The first kappa shape index (κ1) is 20.7. The molecule has 2 aromatic carbocycles. The van der Waals surface area contributed by atoms with Gasteiger partial charge in [-0.1, -0.05) is 54.1 Å². The van der Waals surface area contributed by atoms with Gasteiger partial charge in [-0.05, 0) is 23.3 Å². The molecule has 0 amide bonds. The average Bonchev–Trinajstić information content (AvgIpc) is 2.58. The molecule has 2 rings (SSSR count). The van der Waals surface area contributed by atoms with E-state index >= 15 is 0 Å². The molecule has 0 spiro atoms. The zero-order valence-electron chi connectivity index (χ0n) is 13.7. The first-order valence-corrected chi connectivity index (χ1v) is 7.96. The van der Waals surface area contributed by atoms with Crippen molar-refractivity contribution in [2.75, 3.05) is 20.2 Å². The van der Waals surface area contributed by atoms with Crippen LogP contribution in [0.5, 0.6) is 0 Å². The maximum atomic E-state index is 5.97. The van der Waals surface area contributed by atoms with E-state index in [-0.39, 0.29) is 24.0 Å². The summed E-state index contributed by atoms with van der Waals surface area (Å²) in [5, 5.41) is 7.21. The summed E-state index contributed by atoms with van der Waals surface area (Å²) in [5.74, 6) is 0.744. The number of guanidine groups is 1. The summed E-state index contributed by atoms with van der Waals surface area (Å²) in [6.45, 7) is 2.61. The lowest BCUT2D eigenvalue weighted by Crippen LogP contribution is -2.38. The number of hydrogen-bond acceptors (Lipinski definition) is 2. The fraction of sp³-hybridized carbons (Fsp3) is 0.278. The molecule has 2 N–H and O–H groups in total. The second-order valence-electron chi connectivity index (χ2n) is 5.02. The highest BCUT2D eigenvalue weighted by Crippen LogP contribution is 2.10. The highest BCUT2D eigenvalue weighted by atomic mass is 127. The van der Waals surface area contributed by atoms with Crippen LogP contribution in [0.1, 0.15) is 11.1 Å². The molecule has 6 heteroatoms. The van der Waals surface area contributed by atoms with Crippen LogP contribution in [0.3, 0.4) is 0 Å². The van der Waals surface area contributed by atoms with Gasteiger partial charge in [-0.2, -0.15) is 0 Å². The van der Waals surface area contributed by atoms with Gasteiger partial charge in [0.15, 0.2) is 5.96 Å². The SMILES string of the molecule is CN=C(NCCOCc1ccccc1)NCc1cccc(Cl)c1.I. The number of nitrogens with one attached hydrogen (secondary N) is 2. The van der Waals surface area contributed by atoms with Crippen molar-refractivity contribution in [1.29, 1.82) is 0 Å². The van der Waals surface area contributed by atoms with Crippen molar-refractivity contribution in [2.45, 2.75) is 13.2 Å². The maximum absolute atomic E-state index is 5.97. The molecule has 0 unspecified atom stereocenters. The normalized spacial score (nSPS) is 10.8. The first-order valence-electron chi connectivity index (χ1n) is 7.58. The maximum Gasteiger partial charge on any atom is 0.191 e. The Labute approximate surface area is 165 Å². The number of aliphatic imine (C=N–C) groups is 1. The largest absolute Gasteiger partial charge is 0.375 e. The molecule has 0 aromatic heterocycles. The smallest absolute Gasteiger partial charge is 0.191 e. The van der Waals surface area contributed by atoms with Crippen LogP contribution in [0.15, 0.2) is 59.6 Å². The summed E-state index contributed by atoms with van der Waals surface area (Å²) in [4.78, 5) is 4.19. The summed E-state index contributed by atoms with van der Waals surface area (Å²) in [6, 6.07) is 17.9. The van der Waals surface area contributed by atoms with Crippen molar-refractivity contribution in [2.24, 2.45) is 4.99 Å². The van der Waals surface area contributed by atoms with Crippen LogP contribution in [0.25, 0.3) is 0 Å². The van der Waals surface area contributed by atoms with Crippen LogP contribution in [0, 0.1) is 0 Å². The fourth-order valence-electron chi connectivity index (χ4n) is 2.06. The van der Waals surface area contributed by atoms with Gasteiger partial charge in [-0.15, -0.1) is 24.0 Å². The predicted molar refractivity (Wildman–Crippen MR) is 111 cm³/mol. The molecule has 0 bridgehead atoms. The minimum atomic E-state index is 0. The quantitative estimate of drug-likeness (QED) is 0.286. The third-order valence-electron chi connectivity index (χ3n) is 3.22. The molecule has 0 saturated heterocycles.